The van der Waals surface area contributed by atoms with Crippen molar-refractivity contribution in [2.75, 3.05) is 0 Å². The maximum atomic E-state index is 6.94. The van der Waals surface area contributed by atoms with Gasteiger partial charge in [0.1, 0.15) is 47.7 Å². The van der Waals surface area contributed by atoms with Gasteiger partial charge in [0.15, 0.2) is 17.3 Å². The van der Waals surface area contributed by atoms with E-state index in [4.69, 9.17) is 4.74 Å². The molecule has 0 saturated carbocycles. The summed E-state index contributed by atoms with van der Waals surface area (Å²) >= 11 is 0. The van der Waals surface area contributed by atoms with Crippen molar-refractivity contribution in [2.45, 2.75) is 0 Å². The van der Waals surface area contributed by atoms with Crippen molar-refractivity contribution in [1.82, 2.24) is 19.7 Å². The molecule has 0 fully saturated rings. The Labute approximate surface area is 353 Å². The second kappa shape index (κ2) is 19.8. The van der Waals surface area contributed by atoms with Gasteiger partial charge in [-0.05, 0) is 78.9 Å². The topological polar surface area (TPSA) is 52.8 Å². The number of nitrogens with zero attached hydrogens (tertiary/aromatic N) is 4. The Hall–Kier alpha value is -6.12. The summed E-state index contributed by atoms with van der Waals surface area (Å²) in [4.78, 5) is 8.73. The van der Waals surface area contributed by atoms with Gasteiger partial charge in [-0.1, -0.05) is 140 Å². The minimum absolute atomic E-state index is 0. The molecule has 2 heterocycles. The normalized spacial score (nSPS) is 10.7. The molecule has 2 aromatic heterocycles. The van der Waals surface area contributed by atoms with E-state index in [0.717, 1.165) is 22.8 Å². The Balaban J connectivity index is 0.000000225. The summed E-state index contributed by atoms with van der Waals surface area (Å²) in [5, 5.41) is 12.2. The van der Waals surface area contributed by atoms with E-state index < -0.39 is 15.8 Å². The molecule has 5 nitrogen and oxygen atoms in total. The first-order chi connectivity index (χ1) is 28.2. The molecule has 0 N–H and O–H groups in total. The maximum absolute atomic E-state index is 6.94. The number of hydrogen-bond donors (Lipinski definition) is 0. The van der Waals surface area contributed by atoms with Crippen LogP contribution in [0.4, 0.5) is 0 Å². The molecule has 0 saturated heterocycles. The molecule has 0 unspecified atom stereocenters. The van der Waals surface area contributed by atoms with E-state index in [9.17, 15) is 0 Å². The standard InChI is InChI=1S/C36H28OP2.C14H11N4.Cu/c1-5-17-29(18-6-1)38(30-19-7-2-8-20-30)35-27-15-13-25-33(35)37-34-26-14-16-28-36(34)39(31-21-9-3-10-22-31)32-23-11-4-12-24-32;1-18-14(12-9-5-6-10-15-12)16-13(17-18)11-7-3-2-4-8-11;/h1-28H;2-10H,1H2;/q;-1;+1/p+2. The first kappa shape index (κ1) is 40.1. The van der Waals surface area contributed by atoms with Crippen LogP contribution in [0.5, 0.6) is 11.5 Å². The third-order valence-corrected chi connectivity index (χ3v) is 14.9. The summed E-state index contributed by atoms with van der Waals surface area (Å²) in [5.74, 6) is 3.17. The number of rotatable bonds is 10. The van der Waals surface area contributed by atoms with Gasteiger partial charge in [0.05, 0.1) is 0 Å². The van der Waals surface area contributed by atoms with Crippen LogP contribution in [-0.2, 0) is 17.1 Å². The zero-order valence-electron chi connectivity index (χ0n) is 31.6. The van der Waals surface area contributed by atoms with E-state index in [1.54, 1.807) is 6.20 Å². The second-order valence-electron chi connectivity index (χ2n) is 13.1. The molecular weight excluding hydrogens is 798 g/mol. The van der Waals surface area contributed by atoms with Gasteiger partial charge in [-0.3, -0.25) is 4.98 Å². The summed E-state index contributed by atoms with van der Waals surface area (Å²) < 4.78 is 8.44. The van der Waals surface area contributed by atoms with Crippen LogP contribution in [0.1, 0.15) is 0 Å². The van der Waals surface area contributed by atoms with Crippen LogP contribution >= 0.6 is 15.8 Å². The monoisotopic (exact) mass is 838 g/mol. The summed E-state index contributed by atoms with van der Waals surface area (Å²) in [6.45, 7) is 0. The minimum atomic E-state index is -1.28. The summed E-state index contributed by atoms with van der Waals surface area (Å²) in [6.07, 6.45) is 1.73. The van der Waals surface area contributed by atoms with Crippen molar-refractivity contribution >= 4 is 47.7 Å². The molecule has 58 heavy (non-hydrogen) atoms. The van der Waals surface area contributed by atoms with E-state index in [1.807, 2.05) is 48.5 Å². The van der Waals surface area contributed by atoms with Crippen molar-refractivity contribution in [1.29, 1.82) is 0 Å². The van der Waals surface area contributed by atoms with E-state index in [0.29, 0.717) is 11.6 Å². The van der Waals surface area contributed by atoms with E-state index in [2.05, 4.69) is 192 Å². The van der Waals surface area contributed by atoms with Crippen LogP contribution in [0, 0.1) is 7.05 Å². The van der Waals surface area contributed by atoms with Gasteiger partial charge in [0.2, 0.25) is 0 Å². The fourth-order valence-corrected chi connectivity index (χ4v) is 12.1. The van der Waals surface area contributed by atoms with Crippen molar-refractivity contribution < 1.29 is 21.8 Å². The Kier molecular flexibility index (Phi) is 13.7. The SMILES string of the molecule is [CH2-]n1nc(-c2ccccc2)nc1-c1ccccn1.[Cu+].c1ccc([PH+](c2ccccc2)c2ccccc2Oc2ccccc2[PH+](c2ccccc2)c2ccccc2)cc1. The van der Waals surface area contributed by atoms with Gasteiger partial charge in [0, 0.05) is 23.3 Å². The molecule has 0 radical (unpaired) electrons. The van der Waals surface area contributed by atoms with Crippen LogP contribution in [0.3, 0.4) is 0 Å². The quantitative estimate of drug-likeness (QED) is 0.0784. The van der Waals surface area contributed by atoms with Gasteiger partial charge >= 0.3 is 17.1 Å². The largest absolute Gasteiger partial charge is 1.00 e. The fourth-order valence-electron chi connectivity index (χ4n) is 6.75. The first-order valence-electron chi connectivity index (χ1n) is 18.8. The summed E-state index contributed by atoms with van der Waals surface area (Å²) in [5.41, 5.74) is 1.74. The van der Waals surface area contributed by atoms with Gasteiger partial charge in [-0.2, -0.15) is 12.1 Å². The average Bonchev–Trinajstić information content (AvgIpc) is 3.69. The number of benzene rings is 7. The minimum Gasteiger partial charge on any atom is -0.449 e. The van der Waals surface area contributed by atoms with Gasteiger partial charge < -0.3 is 14.4 Å². The number of para-hydroxylation sites is 2. The molecule has 9 aromatic rings. The van der Waals surface area contributed by atoms with E-state index in [-0.39, 0.29) is 17.1 Å². The van der Waals surface area contributed by atoms with Crippen LogP contribution in [-0.4, -0.2) is 19.7 Å². The van der Waals surface area contributed by atoms with Gasteiger partial charge in [-0.15, -0.1) is 0 Å². The smallest absolute Gasteiger partial charge is 0.449 e. The van der Waals surface area contributed by atoms with Gasteiger partial charge in [-0.25, -0.2) is 0 Å². The molecule has 7 aromatic carbocycles. The Morgan fingerprint density at radius 2 is 0.810 bits per heavy atom. The second-order valence-corrected chi connectivity index (χ2v) is 18.0. The van der Waals surface area contributed by atoms with Crippen LogP contribution in [0.2, 0.25) is 0 Å². The van der Waals surface area contributed by atoms with Crippen molar-refractivity contribution in [3.8, 4) is 34.4 Å². The van der Waals surface area contributed by atoms with E-state index >= 15 is 0 Å². The number of hydrogen-bond acceptors (Lipinski definition) is 4. The summed E-state index contributed by atoms with van der Waals surface area (Å²) in [7, 11) is 1.29. The molecule has 8 heteroatoms. The Morgan fingerprint density at radius 3 is 1.22 bits per heavy atom. The zero-order valence-corrected chi connectivity index (χ0v) is 34.5. The first-order valence-corrected chi connectivity index (χ1v) is 21.8. The molecule has 0 aliphatic carbocycles. The molecule has 0 aliphatic heterocycles. The zero-order chi connectivity index (χ0) is 38.7. The fraction of sp³-hybridized carbons (Fsp3) is 0. The molecule has 0 amide bonds. The van der Waals surface area contributed by atoms with Crippen LogP contribution in [0.25, 0.3) is 22.9 Å². The molecule has 0 atom stereocenters. The molecule has 0 aliphatic rings. The molecule has 0 spiro atoms. The van der Waals surface area contributed by atoms with Crippen molar-refractivity contribution in [2.24, 2.45) is 0 Å². The molecule has 0 bridgehead atoms. The van der Waals surface area contributed by atoms with Crippen LogP contribution in [0.15, 0.2) is 225 Å². The van der Waals surface area contributed by atoms with Crippen LogP contribution < -0.4 is 36.6 Å². The van der Waals surface area contributed by atoms with Gasteiger partial charge in [0.25, 0.3) is 0 Å². The predicted molar refractivity (Wildman–Crippen MR) is 243 cm³/mol. The molecular formula is C50H41CuN4OP2+2. The van der Waals surface area contributed by atoms with Crippen molar-refractivity contribution in [3.05, 3.63) is 232 Å². The molecule has 9 rings (SSSR count). The number of aromatic nitrogens is 4. The number of pyridine rings is 1. The summed E-state index contributed by atoms with van der Waals surface area (Å²) in [6, 6.07) is 76.1. The molecule has 286 valence electrons. The number of ether oxygens (including phenoxy) is 1. The Bertz CT molecular complexity index is 2410. The maximum Gasteiger partial charge on any atom is 1.00 e. The predicted octanol–water partition coefficient (Wildman–Crippen LogP) is 9.10. The Morgan fingerprint density at radius 1 is 0.431 bits per heavy atom. The van der Waals surface area contributed by atoms with Crippen molar-refractivity contribution in [3.63, 3.8) is 0 Å². The third-order valence-electron chi connectivity index (χ3n) is 9.38. The van der Waals surface area contributed by atoms with E-state index in [1.165, 1.54) is 36.5 Å². The average molecular weight is 839 g/mol. The third kappa shape index (κ3) is 9.52.